The molecule has 222 valence electrons. The van der Waals surface area contributed by atoms with E-state index in [0.717, 1.165) is 27.8 Å². The third-order valence-corrected chi connectivity index (χ3v) is 7.10. The van der Waals surface area contributed by atoms with Crippen molar-refractivity contribution in [1.82, 2.24) is 15.5 Å². The number of hydrogen-bond donors (Lipinski definition) is 3. The van der Waals surface area contributed by atoms with Crippen LogP contribution in [0.2, 0.25) is 0 Å². The Labute approximate surface area is 241 Å². The lowest BCUT2D eigenvalue weighted by Gasteiger charge is -2.27. The minimum atomic E-state index is -4.88. The Kier molecular flexibility index (Phi) is 9.84. The number of aliphatic carboxylic acids is 1. The van der Waals surface area contributed by atoms with Gasteiger partial charge in [0, 0.05) is 25.4 Å². The number of hydrogen-bond acceptors (Lipinski definition) is 5. The second-order valence-electron chi connectivity index (χ2n) is 10.2. The molecular formula is C31H32F3N3O5. The number of nitrogens with zero attached hydrogens (tertiary/aromatic N) is 1. The number of alkyl halides is 3. The predicted molar refractivity (Wildman–Crippen MR) is 150 cm³/mol. The van der Waals surface area contributed by atoms with E-state index in [-0.39, 0.29) is 19.1 Å². The van der Waals surface area contributed by atoms with Crippen molar-refractivity contribution in [3.63, 3.8) is 0 Å². The highest BCUT2D eigenvalue weighted by atomic mass is 19.4. The summed E-state index contributed by atoms with van der Waals surface area (Å²) in [5, 5.41) is 13.2. The molecule has 1 aliphatic carbocycles. The van der Waals surface area contributed by atoms with Gasteiger partial charge in [-0.05, 0) is 41.3 Å². The summed E-state index contributed by atoms with van der Waals surface area (Å²) in [6.07, 6.45) is -7.47. The first-order valence-corrected chi connectivity index (χ1v) is 13.5. The molecule has 1 unspecified atom stereocenters. The Hall–Kier alpha value is -4.38. The molecule has 3 N–H and O–H groups in total. The number of ether oxygens (including phenoxy) is 1. The van der Waals surface area contributed by atoms with Crippen LogP contribution in [-0.4, -0.2) is 66.4 Å². The van der Waals surface area contributed by atoms with Crippen LogP contribution < -0.4 is 10.6 Å². The first kappa shape index (κ1) is 30.6. The maximum absolute atomic E-state index is 13.6. The zero-order valence-electron chi connectivity index (χ0n) is 22.9. The molecule has 2 amide bonds. The minimum absolute atomic E-state index is 0.0438. The molecule has 0 aromatic heterocycles. The molecule has 0 bridgehead atoms. The number of nitrogens with one attached hydrogen (secondary N) is 2. The molecule has 3 aromatic carbocycles. The molecule has 42 heavy (non-hydrogen) atoms. The lowest BCUT2D eigenvalue weighted by molar-refractivity contribution is -0.165. The fourth-order valence-electron chi connectivity index (χ4n) is 5.11. The Morgan fingerprint density at radius 1 is 0.905 bits per heavy atom. The number of carboxylic acids is 1. The van der Waals surface area contributed by atoms with E-state index in [1.165, 1.54) is 0 Å². The SMILES string of the molecule is CN(Cc1ccccc1)CC(NC(=O)OCC1c2ccccc2-c2ccccc21)C(=O)N[C@@H](CCC(=O)O)C(F)(F)F. The number of likely N-dealkylation sites (N-methyl/N-ethyl adjacent to an activating group) is 1. The smallest absolute Gasteiger partial charge is 0.408 e. The second-order valence-corrected chi connectivity index (χ2v) is 10.2. The maximum atomic E-state index is 13.6. The Morgan fingerprint density at radius 3 is 2.05 bits per heavy atom. The largest absolute Gasteiger partial charge is 0.481 e. The number of carboxylic acid groups (broad SMARTS) is 1. The van der Waals surface area contributed by atoms with Gasteiger partial charge in [0.2, 0.25) is 5.91 Å². The third kappa shape index (κ3) is 7.88. The molecule has 0 saturated carbocycles. The molecule has 0 spiro atoms. The van der Waals surface area contributed by atoms with Crippen molar-refractivity contribution in [3.05, 3.63) is 95.6 Å². The van der Waals surface area contributed by atoms with Gasteiger partial charge < -0.3 is 20.5 Å². The summed E-state index contributed by atoms with van der Waals surface area (Å²) < 4.78 is 46.4. The third-order valence-electron chi connectivity index (χ3n) is 7.10. The van der Waals surface area contributed by atoms with Gasteiger partial charge in [0.05, 0.1) is 0 Å². The molecule has 11 heteroatoms. The van der Waals surface area contributed by atoms with E-state index >= 15 is 0 Å². The molecule has 0 heterocycles. The van der Waals surface area contributed by atoms with E-state index in [1.807, 2.05) is 84.2 Å². The van der Waals surface area contributed by atoms with Gasteiger partial charge in [-0.15, -0.1) is 0 Å². The standard InChI is InChI=1S/C31H32F3N3O5/c1-37(17-20-9-3-2-4-10-20)18-26(29(40)36-27(31(32,33)34)15-16-28(38)39)35-30(41)42-19-25-23-13-7-5-11-21(23)22-12-6-8-14-24(22)25/h2-14,25-27H,15-19H2,1H3,(H,35,41)(H,36,40)(H,38,39)/t26?,27-/m0/s1. The number of fused-ring (bicyclic) bond motifs is 3. The van der Waals surface area contributed by atoms with Crippen LogP contribution in [0, 0.1) is 0 Å². The molecule has 4 rings (SSSR count). The van der Waals surface area contributed by atoms with Crippen molar-refractivity contribution in [1.29, 1.82) is 0 Å². The topological polar surface area (TPSA) is 108 Å². The van der Waals surface area contributed by atoms with Gasteiger partial charge in [-0.25, -0.2) is 4.79 Å². The molecule has 3 aromatic rings. The van der Waals surface area contributed by atoms with Crippen LogP contribution in [0.3, 0.4) is 0 Å². The second kappa shape index (κ2) is 13.5. The lowest BCUT2D eigenvalue weighted by Crippen LogP contribution is -2.56. The zero-order valence-corrected chi connectivity index (χ0v) is 22.9. The molecule has 0 aliphatic heterocycles. The van der Waals surface area contributed by atoms with E-state index in [2.05, 4.69) is 5.32 Å². The van der Waals surface area contributed by atoms with Gasteiger partial charge in [-0.1, -0.05) is 78.9 Å². The lowest BCUT2D eigenvalue weighted by atomic mass is 9.98. The van der Waals surface area contributed by atoms with E-state index in [0.29, 0.717) is 6.54 Å². The van der Waals surface area contributed by atoms with Crippen molar-refractivity contribution in [3.8, 4) is 11.1 Å². The van der Waals surface area contributed by atoms with Crippen LogP contribution in [-0.2, 0) is 20.9 Å². The average Bonchev–Trinajstić information content (AvgIpc) is 3.27. The molecule has 0 fully saturated rings. The number of amides is 2. The van der Waals surface area contributed by atoms with E-state index < -0.39 is 49.1 Å². The highest BCUT2D eigenvalue weighted by Gasteiger charge is 2.42. The predicted octanol–water partition coefficient (Wildman–Crippen LogP) is 4.94. The summed E-state index contributed by atoms with van der Waals surface area (Å²) >= 11 is 0. The van der Waals surface area contributed by atoms with Gasteiger partial charge in [0.25, 0.3) is 0 Å². The van der Waals surface area contributed by atoms with Crippen molar-refractivity contribution < 1.29 is 37.4 Å². The van der Waals surface area contributed by atoms with Crippen molar-refractivity contribution in [2.45, 2.75) is 43.6 Å². The number of rotatable bonds is 12. The van der Waals surface area contributed by atoms with Gasteiger partial charge in [-0.3, -0.25) is 14.5 Å². The molecule has 0 radical (unpaired) electrons. The molecule has 2 atom stereocenters. The average molecular weight is 584 g/mol. The molecule has 0 saturated heterocycles. The van der Waals surface area contributed by atoms with E-state index in [9.17, 15) is 27.6 Å². The summed E-state index contributed by atoms with van der Waals surface area (Å²) in [4.78, 5) is 38.6. The van der Waals surface area contributed by atoms with Crippen LogP contribution in [0.4, 0.5) is 18.0 Å². The Bertz CT molecular complexity index is 1350. The van der Waals surface area contributed by atoms with Crippen molar-refractivity contribution in [2.75, 3.05) is 20.2 Å². The fraction of sp³-hybridized carbons (Fsp3) is 0.323. The summed E-state index contributed by atoms with van der Waals surface area (Å²) in [5.74, 6) is -2.77. The summed E-state index contributed by atoms with van der Waals surface area (Å²) in [6, 6.07) is 20.9. The van der Waals surface area contributed by atoms with Gasteiger partial charge in [-0.2, -0.15) is 13.2 Å². The van der Waals surface area contributed by atoms with Gasteiger partial charge in [0.15, 0.2) is 0 Å². The van der Waals surface area contributed by atoms with Crippen LogP contribution in [0.5, 0.6) is 0 Å². The number of halogens is 3. The number of carbonyl (C=O) groups excluding carboxylic acids is 2. The molecule has 8 nitrogen and oxygen atoms in total. The summed E-state index contributed by atoms with van der Waals surface area (Å²) in [6.45, 7) is 0.185. The van der Waals surface area contributed by atoms with Crippen molar-refractivity contribution >= 4 is 18.0 Å². The van der Waals surface area contributed by atoms with E-state index in [1.54, 1.807) is 11.9 Å². The summed E-state index contributed by atoms with van der Waals surface area (Å²) in [7, 11) is 1.67. The van der Waals surface area contributed by atoms with Gasteiger partial charge >= 0.3 is 18.2 Å². The molecule has 1 aliphatic rings. The molecular weight excluding hydrogens is 551 g/mol. The van der Waals surface area contributed by atoms with Crippen LogP contribution in [0.25, 0.3) is 11.1 Å². The number of benzene rings is 3. The van der Waals surface area contributed by atoms with Gasteiger partial charge in [0.1, 0.15) is 18.7 Å². The monoisotopic (exact) mass is 583 g/mol. The first-order valence-electron chi connectivity index (χ1n) is 13.5. The minimum Gasteiger partial charge on any atom is -0.481 e. The zero-order chi connectivity index (χ0) is 30.3. The first-order chi connectivity index (χ1) is 20.0. The fourth-order valence-corrected chi connectivity index (χ4v) is 5.11. The van der Waals surface area contributed by atoms with Crippen LogP contribution >= 0.6 is 0 Å². The van der Waals surface area contributed by atoms with Crippen LogP contribution in [0.1, 0.15) is 35.4 Å². The normalized spacial score (nSPS) is 14.0. The Balaban J connectivity index is 1.46. The quantitative estimate of drug-likeness (QED) is 0.279. The maximum Gasteiger partial charge on any atom is 0.408 e. The number of alkyl carbamates (subject to hydrolysis) is 1. The highest BCUT2D eigenvalue weighted by Crippen LogP contribution is 2.44. The summed E-state index contributed by atoms with van der Waals surface area (Å²) in [5.41, 5.74) is 4.92. The van der Waals surface area contributed by atoms with Crippen LogP contribution in [0.15, 0.2) is 78.9 Å². The van der Waals surface area contributed by atoms with Crippen molar-refractivity contribution in [2.24, 2.45) is 0 Å². The Morgan fingerprint density at radius 2 is 1.48 bits per heavy atom. The highest BCUT2D eigenvalue weighted by molar-refractivity contribution is 5.86. The van der Waals surface area contributed by atoms with E-state index in [4.69, 9.17) is 9.84 Å². The number of carbonyl (C=O) groups is 3.